The van der Waals surface area contributed by atoms with E-state index < -0.39 is 10.0 Å². The van der Waals surface area contributed by atoms with Gasteiger partial charge in [-0.25, -0.2) is 8.42 Å². The minimum atomic E-state index is -3.62. The Bertz CT molecular complexity index is 1310. The average molecular weight is 450 g/mol. The fraction of sp³-hybridized carbons (Fsp3) is 0.250. The van der Waals surface area contributed by atoms with Gasteiger partial charge in [0.05, 0.1) is 10.6 Å². The third-order valence-electron chi connectivity index (χ3n) is 5.83. The third kappa shape index (κ3) is 3.82. The molecule has 8 heteroatoms. The van der Waals surface area contributed by atoms with Gasteiger partial charge in [-0.3, -0.25) is 9.10 Å². The zero-order chi connectivity index (χ0) is 22.3. The zero-order valence-corrected chi connectivity index (χ0v) is 18.4. The Labute approximate surface area is 186 Å². The summed E-state index contributed by atoms with van der Waals surface area (Å²) in [6.45, 7) is 2.23. The van der Waals surface area contributed by atoms with E-state index in [2.05, 4.69) is 10.5 Å². The second kappa shape index (κ2) is 7.94. The van der Waals surface area contributed by atoms with Gasteiger partial charge in [-0.2, -0.15) is 0 Å². The second-order valence-corrected chi connectivity index (χ2v) is 9.99. The van der Waals surface area contributed by atoms with Crippen molar-refractivity contribution in [1.82, 2.24) is 5.16 Å². The molecular weight excluding hydrogens is 426 g/mol. The van der Waals surface area contributed by atoms with Crippen LogP contribution in [0.15, 0.2) is 57.9 Å². The quantitative estimate of drug-likeness (QED) is 0.607. The number of carbonyl (C=O) groups is 1. The summed E-state index contributed by atoms with van der Waals surface area (Å²) in [4.78, 5) is 12.4. The number of amides is 1. The van der Waals surface area contributed by atoms with Crippen molar-refractivity contribution in [3.8, 4) is 0 Å². The van der Waals surface area contributed by atoms with Crippen molar-refractivity contribution in [2.75, 3.05) is 16.2 Å². The SMILES string of the molecule is Cc1noc(C=Cc2ccc(S(=O)(=O)N3CCc4ccccc43)cc2)c1NC(=O)C1CC1. The lowest BCUT2D eigenvalue weighted by atomic mass is 10.2. The fourth-order valence-electron chi connectivity index (χ4n) is 3.83. The Morgan fingerprint density at radius 3 is 2.62 bits per heavy atom. The molecule has 32 heavy (non-hydrogen) atoms. The normalized spacial score (nSPS) is 15.8. The fourth-order valence-corrected chi connectivity index (χ4v) is 5.33. The van der Waals surface area contributed by atoms with Gasteiger partial charge in [0.2, 0.25) is 5.91 Å². The number of fused-ring (bicyclic) bond motifs is 1. The van der Waals surface area contributed by atoms with E-state index in [0.29, 0.717) is 30.1 Å². The van der Waals surface area contributed by atoms with E-state index in [1.54, 1.807) is 43.3 Å². The summed E-state index contributed by atoms with van der Waals surface area (Å²) in [6, 6.07) is 14.3. The lowest BCUT2D eigenvalue weighted by Crippen LogP contribution is -2.29. The van der Waals surface area contributed by atoms with E-state index in [0.717, 1.165) is 29.7 Å². The lowest BCUT2D eigenvalue weighted by molar-refractivity contribution is -0.117. The number of benzene rings is 2. The Morgan fingerprint density at radius 1 is 1.12 bits per heavy atom. The molecule has 0 unspecified atom stereocenters. The van der Waals surface area contributed by atoms with Gasteiger partial charge in [-0.15, -0.1) is 0 Å². The number of hydrogen-bond acceptors (Lipinski definition) is 5. The maximum atomic E-state index is 13.1. The first kappa shape index (κ1) is 20.5. The van der Waals surface area contributed by atoms with Crippen molar-refractivity contribution in [2.24, 2.45) is 5.92 Å². The summed E-state index contributed by atoms with van der Waals surface area (Å²) in [6.07, 6.45) is 6.07. The molecule has 0 bridgehead atoms. The molecule has 1 amide bonds. The molecule has 7 nitrogen and oxygen atoms in total. The van der Waals surface area contributed by atoms with Crippen LogP contribution < -0.4 is 9.62 Å². The van der Waals surface area contributed by atoms with Crippen LogP contribution in [0.5, 0.6) is 0 Å². The van der Waals surface area contributed by atoms with Crippen LogP contribution in [-0.2, 0) is 21.2 Å². The highest BCUT2D eigenvalue weighted by Crippen LogP contribution is 2.33. The molecular formula is C24H23N3O4S. The van der Waals surface area contributed by atoms with Crippen molar-refractivity contribution >= 4 is 39.5 Å². The van der Waals surface area contributed by atoms with Crippen LogP contribution >= 0.6 is 0 Å². The zero-order valence-electron chi connectivity index (χ0n) is 17.6. The first-order valence-corrected chi connectivity index (χ1v) is 12.0. The van der Waals surface area contributed by atoms with Gasteiger partial charge in [0, 0.05) is 12.5 Å². The molecule has 1 fully saturated rings. The van der Waals surface area contributed by atoms with Crippen LogP contribution in [0.2, 0.25) is 0 Å². The van der Waals surface area contributed by atoms with Crippen LogP contribution in [-0.4, -0.2) is 26.0 Å². The summed E-state index contributed by atoms with van der Waals surface area (Å²) in [5.74, 6) is 0.532. The molecule has 1 aromatic heterocycles. The largest absolute Gasteiger partial charge is 0.354 e. The van der Waals surface area contributed by atoms with E-state index in [1.165, 1.54) is 4.31 Å². The van der Waals surface area contributed by atoms with Crippen LogP contribution in [0.4, 0.5) is 11.4 Å². The highest BCUT2D eigenvalue weighted by atomic mass is 32.2. The van der Waals surface area contributed by atoms with Gasteiger partial charge >= 0.3 is 0 Å². The number of nitrogens with one attached hydrogen (secondary N) is 1. The number of hydrogen-bond donors (Lipinski definition) is 1. The minimum Gasteiger partial charge on any atom is -0.354 e. The highest BCUT2D eigenvalue weighted by molar-refractivity contribution is 7.92. The van der Waals surface area contributed by atoms with Crippen LogP contribution in [0, 0.1) is 12.8 Å². The molecule has 3 aromatic rings. The number of rotatable bonds is 6. The molecule has 1 aliphatic carbocycles. The maximum Gasteiger partial charge on any atom is 0.264 e. The van der Waals surface area contributed by atoms with Gasteiger partial charge in [0.15, 0.2) is 5.76 Å². The predicted molar refractivity (Wildman–Crippen MR) is 123 cm³/mol. The first-order valence-electron chi connectivity index (χ1n) is 10.6. The molecule has 5 rings (SSSR count). The lowest BCUT2D eigenvalue weighted by Gasteiger charge is -2.19. The van der Waals surface area contributed by atoms with Gasteiger partial charge < -0.3 is 9.84 Å². The van der Waals surface area contributed by atoms with Gasteiger partial charge in [-0.05, 0) is 61.6 Å². The van der Waals surface area contributed by atoms with Crippen LogP contribution in [0.3, 0.4) is 0 Å². The number of nitrogens with zero attached hydrogens (tertiary/aromatic N) is 2. The Kier molecular flexibility index (Phi) is 5.09. The maximum absolute atomic E-state index is 13.1. The molecule has 1 aliphatic heterocycles. The number of aryl methyl sites for hydroxylation is 1. The summed E-state index contributed by atoms with van der Waals surface area (Å²) < 4.78 is 33.1. The molecule has 2 aromatic carbocycles. The van der Waals surface area contributed by atoms with Gasteiger partial charge in [-0.1, -0.05) is 41.6 Å². The Morgan fingerprint density at radius 2 is 1.88 bits per heavy atom. The molecule has 0 radical (unpaired) electrons. The summed E-state index contributed by atoms with van der Waals surface area (Å²) >= 11 is 0. The Hall–Kier alpha value is -3.39. The van der Waals surface area contributed by atoms with Crippen molar-refractivity contribution in [1.29, 1.82) is 0 Å². The summed E-state index contributed by atoms with van der Waals surface area (Å²) in [5.41, 5.74) is 3.79. The topological polar surface area (TPSA) is 92.5 Å². The number of carbonyl (C=O) groups excluding carboxylic acids is 1. The molecule has 1 N–H and O–H groups in total. The summed E-state index contributed by atoms with van der Waals surface area (Å²) in [7, 11) is -3.62. The third-order valence-corrected chi connectivity index (χ3v) is 7.65. The van der Waals surface area contributed by atoms with Crippen molar-refractivity contribution in [3.05, 3.63) is 71.1 Å². The molecule has 164 valence electrons. The molecule has 0 saturated heterocycles. The van der Waals surface area contributed by atoms with Crippen molar-refractivity contribution < 1.29 is 17.7 Å². The molecule has 2 aliphatic rings. The molecule has 0 spiro atoms. The molecule has 0 atom stereocenters. The molecule has 1 saturated carbocycles. The smallest absolute Gasteiger partial charge is 0.264 e. The number of para-hydroxylation sites is 1. The van der Waals surface area contributed by atoms with E-state index in [4.69, 9.17) is 4.52 Å². The van der Waals surface area contributed by atoms with Crippen LogP contribution in [0.1, 0.15) is 35.4 Å². The monoisotopic (exact) mass is 449 g/mol. The number of anilines is 2. The standard InChI is InChI=1S/C24H23N3O4S/c1-16-23(25-24(28)19-9-10-19)22(31-26-16)13-8-17-6-11-20(12-7-17)32(29,30)27-15-14-18-4-2-3-5-21(18)27/h2-8,11-13,19H,9-10,14-15H2,1H3,(H,25,28). The average Bonchev–Trinajstić information content (AvgIpc) is 3.47. The van der Waals surface area contributed by atoms with Gasteiger partial charge in [0.25, 0.3) is 10.0 Å². The molecule has 2 heterocycles. The predicted octanol–water partition coefficient (Wildman–Crippen LogP) is 4.25. The van der Waals surface area contributed by atoms with E-state index >= 15 is 0 Å². The van der Waals surface area contributed by atoms with E-state index in [-0.39, 0.29) is 16.7 Å². The first-order chi connectivity index (χ1) is 15.4. The number of aromatic nitrogens is 1. The highest BCUT2D eigenvalue weighted by Gasteiger charge is 2.31. The summed E-state index contributed by atoms with van der Waals surface area (Å²) in [5, 5.41) is 6.84. The van der Waals surface area contributed by atoms with Crippen molar-refractivity contribution in [3.63, 3.8) is 0 Å². The van der Waals surface area contributed by atoms with Gasteiger partial charge in [0.1, 0.15) is 11.4 Å². The Balaban J connectivity index is 1.34. The number of sulfonamides is 1. The van der Waals surface area contributed by atoms with Crippen molar-refractivity contribution in [2.45, 2.75) is 31.1 Å². The van der Waals surface area contributed by atoms with E-state index in [1.807, 2.05) is 24.3 Å². The van der Waals surface area contributed by atoms with Crippen LogP contribution in [0.25, 0.3) is 12.2 Å². The van der Waals surface area contributed by atoms with E-state index in [9.17, 15) is 13.2 Å². The minimum absolute atomic E-state index is 0.0102. The second-order valence-electron chi connectivity index (χ2n) is 8.13.